The van der Waals surface area contributed by atoms with Crippen molar-refractivity contribution in [3.63, 3.8) is 0 Å². The van der Waals surface area contributed by atoms with Gasteiger partial charge in [0.25, 0.3) is 11.8 Å². The molecule has 0 spiro atoms. The number of rotatable bonds is 6. The number of nitrogens with zero attached hydrogens (tertiary/aromatic N) is 1. The van der Waals surface area contributed by atoms with E-state index in [2.05, 4.69) is 57.1 Å². The van der Waals surface area contributed by atoms with E-state index in [4.69, 9.17) is 40.2 Å². The van der Waals surface area contributed by atoms with Gasteiger partial charge in [-0.3, -0.25) is 19.8 Å². The number of amides is 2. The van der Waals surface area contributed by atoms with E-state index in [0.717, 1.165) is 12.7 Å². The number of halogens is 4. The van der Waals surface area contributed by atoms with Crippen molar-refractivity contribution in [3.05, 3.63) is 76.9 Å². The van der Waals surface area contributed by atoms with Crippen LogP contribution in [-0.4, -0.2) is 28.4 Å². The van der Waals surface area contributed by atoms with Crippen molar-refractivity contribution < 1.29 is 14.3 Å². The maximum Gasteiger partial charge on any atom is 0.265 e. The van der Waals surface area contributed by atoms with Crippen LogP contribution in [0.1, 0.15) is 11.1 Å². The Hall–Kier alpha value is -1.21. The van der Waals surface area contributed by atoms with Crippen LogP contribution in [-0.2, 0) is 16.2 Å². The summed E-state index contributed by atoms with van der Waals surface area (Å²) in [5.41, 5.74) is 1.51. The third kappa shape index (κ3) is 5.78. The summed E-state index contributed by atoms with van der Waals surface area (Å²) in [4.78, 5) is 26.3. The lowest BCUT2D eigenvalue weighted by Gasteiger charge is -2.27. The van der Waals surface area contributed by atoms with Crippen LogP contribution in [0.3, 0.4) is 0 Å². The molecule has 1 aliphatic heterocycles. The SMILES string of the molecule is C=CCN1C(=O)/C(=C/c2cc(I)c(OCc3ccc(Cl)cc3Cl)c(I)c2)C(=O)NC1=S. The number of benzene rings is 2. The lowest BCUT2D eigenvalue weighted by atomic mass is 10.1. The first kappa shape index (κ1) is 24.4. The molecule has 0 saturated carbocycles. The summed E-state index contributed by atoms with van der Waals surface area (Å²) in [6.45, 7) is 4.11. The third-order valence-corrected chi connectivity index (χ3v) is 6.73. The summed E-state index contributed by atoms with van der Waals surface area (Å²) < 4.78 is 7.62. The van der Waals surface area contributed by atoms with E-state index in [1.165, 1.54) is 4.90 Å². The molecule has 1 fully saturated rings. The summed E-state index contributed by atoms with van der Waals surface area (Å²) in [7, 11) is 0. The molecule has 31 heavy (non-hydrogen) atoms. The zero-order chi connectivity index (χ0) is 22.7. The van der Waals surface area contributed by atoms with Gasteiger partial charge in [0.2, 0.25) is 0 Å². The summed E-state index contributed by atoms with van der Waals surface area (Å²) in [6, 6.07) is 8.90. The first-order valence-corrected chi connectivity index (χ1v) is 12.1. The molecular weight excluding hydrogens is 685 g/mol. The highest BCUT2D eigenvalue weighted by Gasteiger charge is 2.32. The van der Waals surface area contributed by atoms with Crippen molar-refractivity contribution in [3.8, 4) is 5.75 Å². The lowest BCUT2D eigenvalue weighted by Crippen LogP contribution is -2.53. The Morgan fingerprint density at radius 2 is 1.84 bits per heavy atom. The van der Waals surface area contributed by atoms with Crippen LogP contribution in [0.5, 0.6) is 5.75 Å². The van der Waals surface area contributed by atoms with Gasteiger partial charge in [0.05, 0.1) is 7.14 Å². The molecule has 2 amide bonds. The summed E-state index contributed by atoms with van der Waals surface area (Å²) in [6.07, 6.45) is 3.09. The minimum absolute atomic E-state index is 0.00339. The van der Waals surface area contributed by atoms with E-state index in [1.54, 1.807) is 24.3 Å². The number of hydrogen-bond donors (Lipinski definition) is 1. The van der Waals surface area contributed by atoms with Crippen molar-refractivity contribution in [2.45, 2.75) is 6.61 Å². The monoisotopic (exact) mass is 698 g/mol. The topological polar surface area (TPSA) is 58.6 Å². The zero-order valence-corrected chi connectivity index (χ0v) is 22.4. The highest BCUT2D eigenvalue weighted by molar-refractivity contribution is 14.1. The Bertz CT molecular complexity index is 1110. The quantitative estimate of drug-likeness (QED) is 0.141. The Labute approximate surface area is 222 Å². The van der Waals surface area contributed by atoms with Crippen molar-refractivity contribution in [2.24, 2.45) is 0 Å². The molecule has 2 aromatic carbocycles. The van der Waals surface area contributed by atoms with Crippen LogP contribution in [0, 0.1) is 7.14 Å². The second kappa shape index (κ2) is 10.6. The van der Waals surface area contributed by atoms with Gasteiger partial charge in [-0.25, -0.2) is 0 Å². The highest BCUT2D eigenvalue weighted by Crippen LogP contribution is 2.32. The Balaban J connectivity index is 1.85. The lowest BCUT2D eigenvalue weighted by molar-refractivity contribution is -0.128. The van der Waals surface area contributed by atoms with E-state index in [-0.39, 0.29) is 23.8 Å². The fraction of sp³-hybridized carbons (Fsp3) is 0.0952. The summed E-state index contributed by atoms with van der Waals surface area (Å²) >= 11 is 21.5. The number of hydrogen-bond acceptors (Lipinski definition) is 4. The minimum atomic E-state index is -0.530. The molecule has 1 saturated heterocycles. The molecule has 10 heteroatoms. The number of carbonyl (C=O) groups excluding carboxylic acids is 2. The van der Waals surface area contributed by atoms with E-state index in [1.807, 2.05) is 18.2 Å². The van der Waals surface area contributed by atoms with Crippen LogP contribution >= 0.6 is 80.6 Å². The molecular formula is C21H14Cl2I2N2O3S. The minimum Gasteiger partial charge on any atom is -0.487 e. The molecule has 5 nitrogen and oxygen atoms in total. The molecule has 0 bridgehead atoms. The third-order valence-electron chi connectivity index (χ3n) is 4.22. The first-order chi connectivity index (χ1) is 14.7. The van der Waals surface area contributed by atoms with E-state index in [9.17, 15) is 9.59 Å². The molecule has 160 valence electrons. The molecule has 3 rings (SSSR count). The average Bonchev–Trinajstić information content (AvgIpc) is 2.69. The number of ether oxygens (including phenoxy) is 1. The number of thiocarbonyl (C=S) groups is 1. The summed E-state index contributed by atoms with van der Waals surface area (Å²) in [5.74, 6) is -0.308. The second-order valence-corrected chi connectivity index (χ2v) is 9.91. The van der Waals surface area contributed by atoms with E-state index in [0.29, 0.717) is 21.4 Å². The predicted octanol–water partition coefficient (Wildman–Crippen LogP) is 5.59. The normalized spacial score (nSPS) is 15.3. The number of nitrogens with one attached hydrogen (secondary N) is 1. The fourth-order valence-electron chi connectivity index (χ4n) is 2.74. The van der Waals surface area contributed by atoms with Crippen LogP contribution in [0.2, 0.25) is 10.0 Å². The molecule has 0 aromatic heterocycles. The smallest absolute Gasteiger partial charge is 0.265 e. The fourth-order valence-corrected chi connectivity index (χ4v) is 5.59. The molecule has 0 atom stereocenters. The average molecular weight is 699 g/mol. The maximum atomic E-state index is 12.7. The van der Waals surface area contributed by atoms with Gasteiger partial charge >= 0.3 is 0 Å². The van der Waals surface area contributed by atoms with Crippen molar-refractivity contribution >= 4 is 104 Å². The van der Waals surface area contributed by atoms with Crippen molar-refractivity contribution in [1.29, 1.82) is 0 Å². The Morgan fingerprint density at radius 1 is 1.16 bits per heavy atom. The van der Waals surface area contributed by atoms with Gasteiger partial charge in [-0.2, -0.15) is 0 Å². The van der Waals surface area contributed by atoms with Gasteiger partial charge in [0.15, 0.2) is 5.11 Å². The van der Waals surface area contributed by atoms with Crippen LogP contribution < -0.4 is 10.1 Å². The van der Waals surface area contributed by atoms with Gasteiger partial charge in [-0.15, -0.1) is 6.58 Å². The molecule has 1 heterocycles. The van der Waals surface area contributed by atoms with Crippen LogP contribution in [0.4, 0.5) is 0 Å². The predicted molar refractivity (Wildman–Crippen MR) is 143 cm³/mol. The second-order valence-electron chi connectivity index (χ2n) is 6.36. The first-order valence-electron chi connectivity index (χ1n) is 8.76. The van der Waals surface area contributed by atoms with Gasteiger partial charge in [-0.1, -0.05) is 35.3 Å². The van der Waals surface area contributed by atoms with E-state index >= 15 is 0 Å². The van der Waals surface area contributed by atoms with Gasteiger partial charge in [0.1, 0.15) is 17.9 Å². The van der Waals surface area contributed by atoms with Crippen LogP contribution in [0.15, 0.2) is 48.6 Å². The van der Waals surface area contributed by atoms with Gasteiger partial charge in [0, 0.05) is 22.2 Å². The summed E-state index contributed by atoms with van der Waals surface area (Å²) in [5, 5.41) is 3.69. The largest absolute Gasteiger partial charge is 0.487 e. The Morgan fingerprint density at radius 3 is 2.45 bits per heavy atom. The zero-order valence-electron chi connectivity index (χ0n) is 15.8. The molecule has 1 N–H and O–H groups in total. The number of carbonyl (C=O) groups is 2. The van der Waals surface area contributed by atoms with Gasteiger partial charge < -0.3 is 4.74 Å². The maximum absolute atomic E-state index is 12.7. The van der Waals surface area contributed by atoms with E-state index < -0.39 is 11.8 Å². The molecule has 0 radical (unpaired) electrons. The Kier molecular flexibility index (Phi) is 8.36. The molecule has 2 aromatic rings. The van der Waals surface area contributed by atoms with Gasteiger partial charge in [-0.05, 0) is 93.3 Å². The van der Waals surface area contributed by atoms with Crippen molar-refractivity contribution in [1.82, 2.24) is 10.2 Å². The van der Waals surface area contributed by atoms with Crippen molar-refractivity contribution in [2.75, 3.05) is 6.54 Å². The highest BCUT2D eigenvalue weighted by atomic mass is 127. The standard InChI is InChI=1S/C21H14Cl2I2N2O3S/c1-2-5-27-20(29)14(19(28)26-21(27)31)6-11-7-16(24)18(17(25)8-11)30-10-12-3-4-13(22)9-15(12)23/h2-4,6-9H,1,5,10H2,(H,26,28,31)/b14-6+. The molecule has 0 unspecified atom stereocenters. The molecule has 0 aliphatic carbocycles. The van der Waals surface area contributed by atoms with Crippen LogP contribution in [0.25, 0.3) is 6.08 Å². The molecule has 1 aliphatic rings.